The molecule has 0 unspecified atom stereocenters. The summed E-state index contributed by atoms with van der Waals surface area (Å²) in [6.45, 7) is 5.51. The molecule has 0 saturated carbocycles. The Morgan fingerprint density at radius 1 is 1.29 bits per heavy atom. The van der Waals surface area contributed by atoms with Gasteiger partial charge in [-0.2, -0.15) is 0 Å². The minimum atomic E-state index is -0.754. The van der Waals surface area contributed by atoms with Crippen LogP contribution in [-0.4, -0.2) is 25.7 Å². The number of nitrogens with one attached hydrogen (secondary N) is 1. The summed E-state index contributed by atoms with van der Waals surface area (Å²) in [4.78, 5) is 11.5. The fourth-order valence-electron chi connectivity index (χ4n) is 1.62. The van der Waals surface area contributed by atoms with Crippen molar-refractivity contribution >= 4 is 11.7 Å². The SMILES string of the molecule is COC(=O)C(C)(C)Nc1ccc(OC)c(C)c1. The van der Waals surface area contributed by atoms with Crippen molar-refractivity contribution in [3.63, 3.8) is 0 Å². The second kappa shape index (κ2) is 5.08. The lowest BCUT2D eigenvalue weighted by molar-refractivity contribution is -0.144. The molecule has 0 amide bonds. The van der Waals surface area contributed by atoms with Crippen LogP contribution in [0.5, 0.6) is 5.75 Å². The standard InChI is InChI=1S/C13H19NO3/c1-9-8-10(6-7-11(9)16-4)14-13(2,3)12(15)17-5/h6-8,14H,1-5H3. The van der Waals surface area contributed by atoms with Crippen LogP contribution in [0.3, 0.4) is 0 Å². The third kappa shape index (κ3) is 3.12. The van der Waals surface area contributed by atoms with Crippen molar-refractivity contribution in [1.29, 1.82) is 0 Å². The van der Waals surface area contributed by atoms with Crippen LogP contribution in [0, 0.1) is 6.92 Å². The van der Waals surface area contributed by atoms with E-state index in [1.54, 1.807) is 21.0 Å². The van der Waals surface area contributed by atoms with Crippen LogP contribution in [0.25, 0.3) is 0 Å². The third-order valence-corrected chi connectivity index (χ3v) is 2.55. The molecule has 0 bridgehead atoms. The minimum Gasteiger partial charge on any atom is -0.496 e. The number of carbonyl (C=O) groups excluding carboxylic acids is 1. The summed E-state index contributed by atoms with van der Waals surface area (Å²) in [5.74, 6) is 0.525. The molecule has 0 fully saturated rings. The van der Waals surface area contributed by atoms with Crippen LogP contribution in [0.2, 0.25) is 0 Å². The topological polar surface area (TPSA) is 47.6 Å². The number of aryl methyl sites for hydroxylation is 1. The Hall–Kier alpha value is -1.71. The number of ether oxygens (including phenoxy) is 2. The number of rotatable bonds is 4. The van der Waals surface area contributed by atoms with E-state index in [0.717, 1.165) is 17.0 Å². The largest absolute Gasteiger partial charge is 0.496 e. The second-order valence-electron chi connectivity index (χ2n) is 4.43. The average Bonchev–Trinajstić information content (AvgIpc) is 2.27. The van der Waals surface area contributed by atoms with Crippen molar-refractivity contribution in [1.82, 2.24) is 0 Å². The minimum absolute atomic E-state index is 0.300. The molecule has 4 heteroatoms. The predicted octanol–water partition coefficient (Wildman–Crippen LogP) is 2.37. The van der Waals surface area contributed by atoms with Gasteiger partial charge in [0.2, 0.25) is 0 Å². The Bertz CT molecular complexity index is 413. The predicted molar refractivity (Wildman–Crippen MR) is 67.4 cm³/mol. The Kier molecular flexibility index (Phi) is 3.99. The summed E-state index contributed by atoms with van der Waals surface area (Å²) in [6.07, 6.45) is 0. The molecule has 0 radical (unpaired) electrons. The number of esters is 1. The van der Waals surface area contributed by atoms with E-state index in [-0.39, 0.29) is 5.97 Å². The van der Waals surface area contributed by atoms with Gasteiger partial charge < -0.3 is 14.8 Å². The fraction of sp³-hybridized carbons (Fsp3) is 0.462. The molecule has 0 saturated heterocycles. The molecule has 0 aromatic heterocycles. The lowest BCUT2D eigenvalue weighted by Crippen LogP contribution is -2.41. The zero-order chi connectivity index (χ0) is 13.1. The molecule has 1 N–H and O–H groups in total. The first-order chi connectivity index (χ1) is 7.90. The molecule has 17 heavy (non-hydrogen) atoms. The first kappa shape index (κ1) is 13.4. The normalized spacial score (nSPS) is 10.9. The molecular weight excluding hydrogens is 218 g/mol. The summed E-state index contributed by atoms with van der Waals surface area (Å²) in [5, 5.41) is 3.13. The quantitative estimate of drug-likeness (QED) is 0.817. The van der Waals surface area contributed by atoms with Gasteiger partial charge in [-0.15, -0.1) is 0 Å². The number of hydrogen-bond donors (Lipinski definition) is 1. The van der Waals surface area contributed by atoms with Crippen LogP contribution in [-0.2, 0) is 9.53 Å². The maximum atomic E-state index is 11.5. The Morgan fingerprint density at radius 3 is 2.41 bits per heavy atom. The molecule has 0 aliphatic heterocycles. The monoisotopic (exact) mass is 237 g/mol. The highest BCUT2D eigenvalue weighted by molar-refractivity contribution is 5.83. The van der Waals surface area contributed by atoms with Crippen LogP contribution in [0.15, 0.2) is 18.2 Å². The number of carbonyl (C=O) groups is 1. The maximum Gasteiger partial charge on any atom is 0.330 e. The molecule has 0 aliphatic carbocycles. The highest BCUT2D eigenvalue weighted by Gasteiger charge is 2.28. The molecule has 4 nitrogen and oxygen atoms in total. The zero-order valence-electron chi connectivity index (χ0n) is 11.0. The van der Waals surface area contributed by atoms with Gasteiger partial charge in [0.05, 0.1) is 14.2 Å². The molecule has 0 spiro atoms. The van der Waals surface area contributed by atoms with Crippen LogP contribution in [0.4, 0.5) is 5.69 Å². The lowest BCUT2D eigenvalue weighted by Gasteiger charge is -2.24. The summed E-state index contributed by atoms with van der Waals surface area (Å²) in [5.41, 5.74) is 1.12. The summed E-state index contributed by atoms with van der Waals surface area (Å²) in [7, 11) is 3.01. The van der Waals surface area contributed by atoms with E-state index in [1.165, 1.54) is 7.11 Å². The number of hydrogen-bond acceptors (Lipinski definition) is 4. The van der Waals surface area contributed by atoms with Crippen molar-refractivity contribution in [3.8, 4) is 5.75 Å². The van der Waals surface area contributed by atoms with Gasteiger partial charge >= 0.3 is 5.97 Å². The zero-order valence-corrected chi connectivity index (χ0v) is 11.0. The van der Waals surface area contributed by atoms with E-state index in [9.17, 15) is 4.79 Å². The van der Waals surface area contributed by atoms with E-state index in [4.69, 9.17) is 9.47 Å². The van der Waals surface area contributed by atoms with E-state index in [1.807, 2.05) is 25.1 Å². The molecule has 0 atom stereocenters. The van der Waals surface area contributed by atoms with Gasteiger partial charge in [-0.25, -0.2) is 4.79 Å². The number of methoxy groups -OCH3 is 2. The second-order valence-corrected chi connectivity index (χ2v) is 4.43. The maximum absolute atomic E-state index is 11.5. The first-order valence-corrected chi connectivity index (χ1v) is 5.42. The number of anilines is 1. The van der Waals surface area contributed by atoms with Crippen molar-refractivity contribution in [2.75, 3.05) is 19.5 Å². The van der Waals surface area contributed by atoms with Gasteiger partial charge in [-0.3, -0.25) is 0 Å². The summed E-state index contributed by atoms with van der Waals surface area (Å²) >= 11 is 0. The first-order valence-electron chi connectivity index (χ1n) is 5.42. The highest BCUT2D eigenvalue weighted by Crippen LogP contribution is 2.24. The highest BCUT2D eigenvalue weighted by atomic mass is 16.5. The van der Waals surface area contributed by atoms with Crippen LogP contribution >= 0.6 is 0 Å². The Morgan fingerprint density at radius 2 is 1.94 bits per heavy atom. The molecule has 94 valence electrons. The van der Waals surface area contributed by atoms with Crippen molar-refractivity contribution in [2.24, 2.45) is 0 Å². The van der Waals surface area contributed by atoms with Crippen molar-refractivity contribution in [3.05, 3.63) is 23.8 Å². The smallest absolute Gasteiger partial charge is 0.330 e. The van der Waals surface area contributed by atoms with Crippen LogP contribution < -0.4 is 10.1 Å². The number of benzene rings is 1. The fourth-order valence-corrected chi connectivity index (χ4v) is 1.62. The van der Waals surface area contributed by atoms with Crippen LogP contribution in [0.1, 0.15) is 19.4 Å². The lowest BCUT2D eigenvalue weighted by atomic mass is 10.0. The molecule has 1 rings (SSSR count). The molecule has 1 aromatic carbocycles. The summed E-state index contributed by atoms with van der Waals surface area (Å²) < 4.78 is 9.92. The van der Waals surface area contributed by atoms with Gasteiger partial charge in [-0.1, -0.05) is 0 Å². The third-order valence-electron chi connectivity index (χ3n) is 2.55. The van der Waals surface area contributed by atoms with Gasteiger partial charge in [-0.05, 0) is 44.5 Å². The van der Waals surface area contributed by atoms with E-state index in [0.29, 0.717) is 0 Å². The van der Waals surface area contributed by atoms with E-state index < -0.39 is 5.54 Å². The Balaban J connectivity index is 2.89. The molecule has 0 heterocycles. The van der Waals surface area contributed by atoms with Gasteiger partial charge in [0.25, 0.3) is 0 Å². The van der Waals surface area contributed by atoms with Crippen molar-refractivity contribution < 1.29 is 14.3 Å². The molecular formula is C13H19NO3. The summed E-state index contributed by atoms with van der Waals surface area (Å²) in [6, 6.07) is 5.67. The van der Waals surface area contributed by atoms with Gasteiger partial charge in [0.1, 0.15) is 11.3 Å². The van der Waals surface area contributed by atoms with E-state index >= 15 is 0 Å². The van der Waals surface area contributed by atoms with Crippen molar-refractivity contribution in [2.45, 2.75) is 26.3 Å². The molecule has 1 aromatic rings. The Labute approximate surface area is 102 Å². The average molecular weight is 237 g/mol. The van der Waals surface area contributed by atoms with E-state index in [2.05, 4.69) is 5.32 Å². The van der Waals surface area contributed by atoms with Gasteiger partial charge in [0.15, 0.2) is 0 Å². The van der Waals surface area contributed by atoms with Gasteiger partial charge in [0, 0.05) is 5.69 Å². The molecule has 0 aliphatic rings.